The number of aliphatic imine (C=N–C) groups is 1. The number of piperazine rings is 1. The summed E-state index contributed by atoms with van der Waals surface area (Å²) in [6, 6.07) is 7.74. The molecule has 0 atom stereocenters. The Kier molecular flexibility index (Phi) is 9.37. The van der Waals surface area contributed by atoms with E-state index in [9.17, 15) is 0 Å². The first-order valence-corrected chi connectivity index (χ1v) is 11.2. The first-order valence-electron chi connectivity index (χ1n) is 11.2. The van der Waals surface area contributed by atoms with Crippen molar-refractivity contribution < 1.29 is 9.47 Å². The number of aromatic nitrogens is 2. The van der Waals surface area contributed by atoms with Crippen LogP contribution in [0, 0.1) is 0 Å². The smallest absolute Gasteiger partial charge is 0.225 e. The van der Waals surface area contributed by atoms with Crippen molar-refractivity contribution in [2.24, 2.45) is 4.99 Å². The highest BCUT2D eigenvalue weighted by atomic mass is 16.5. The number of methoxy groups -OCH3 is 2. The minimum absolute atomic E-state index is 0.569. The summed E-state index contributed by atoms with van der Waals surface area (Å²) >= 11 is 0. The van der Waals surface area contributed by atoms with Crippen molar-refractivity contribution in [1.82, 2.24) is 25.5 Å². The van der Waals surface area contributed by atoms with Crippen LogP contribution in [-0.4, -0.2) is 80.9 Å². The molecule has 1 aromatic carbocycles. The van der Waals surface area contributed by atoms with E-state index < -0.39 is 0 Å². The van der Waals surface area contributed by atoms with Gasteiger partial charge in [0.1, 0.15) is 0 Å². The molecule has 9 heteroatoms. The van der Waals surface area contributed by atoms with Crippen molar-refractivity contribution in [2.45, 2.75) is 19.9 Å². The molecule has 9 nitrogen and oxygen atoms in total. The second kappa shape index (κ2) is 12.7. The van der Waals surface area contributed by atoms with Crippen LogP contribution in [0.5, 0.6) is 11.5 Å². The van der Waals surface area contributed by atoms with Gasteiger partial charge in [-0.2, -0.15) is 0 Å². The van der Waals surface area contributed by atoms with Gasteiger partial charge in [0.2, 0.25) is 5.95 Å². The number of rotatable bonds is 10. The van der Waals surface area contributed by atoms with Gasteiger partial charge in [0, 0.05) is 51.7 Å². The van der Waals surface area contributed by atoms with Crippen molar-refractivity contribution >= 4 is 11.9 Å². The molecule has 0 amide bonds. The summed E-state index contributed by atoms with van der Waals surface area (Å²) in [6.45, 7) is 9.40. The Labute approximate surface area is 190 Å². The quantitative estimate of drug-likeness (QED) is 0.328. The molecule has 0 spiro atoms. The third-order valence-corrected chi connectivity index (χ3v) is 5.36. The fraction of sp³-hybridized carbons (Fsp3) is 0.522. The zero-order valence-electron chi connectivity index (χ0n) is 19.4. The Morgan fingerprint density at radius 1 is 1.03 bits per heavy atom. The number of guanidine groups is 1. The van der Waals surface area contributed by atoms with Crippen LogP contribution < -0.4 is 25.0 Å². The number of nitrogens with zero attached hydrogens (tertiary/aromatic N) is 5. The Morgan fingerprint density at radius 3 is 2.47 bits per heavy atom. The monoisotopic (exact) mass is 441 g/mol. The molecule has 1 fully saturated rings. The van der Waals surface area contributed by atoms with E-state index in [1.165, 1.54) is 0 Å². The van der Waals surface area contributed by atoms with Gasteiger partial charge in [0.15, 0.2) is 17.5 Å². The Balaban J connectivity index is 1.40. The van der Waals surface area contributed by atoms with Crippen LogP contribution in [0.3, 0.4) is 0 Å². The number of nitrogens with one attached hydrogen (secondary N) is 2. The van der Waals surface area contributed by atoms with Gasteiger partial charge in [-0.3, -0.25) is 4.90 Å². The van der Waals surface area contributed by atoms with Gasteiger partial charge < -0.3 is 25.0 Å². The average Bonchev–Trinajstić information content (AvgIpc) is 2.85. The molecule has 1 aliphatic rings. The summed E-state index contributed by atoms with van der Waals surface area (Å²) in [6.07, 6.45) is 4.66. The van der Waals surface area contributed by atoms with E-state index in [2.05, 4.69) is 37.3 Å². The Bertz CT molecular complexity index is 839. The maximum Gasteiger partial charge on any atom is 0.225 e. The van der Waals surface area contributed by atoms with Gasteiger partial charge in [0.25, 0.3) is 0 Å². The molecule has 1 aliphatic heterocycles. The van der Waals surface area contributed by atoms with E-state index in [1.807, 2.05) is 24.3 Å². The maximum atomic E-state index is 5.38. The molecule has 1 saturated heterocycles. The first-order chi connectivity index (χ1) is 15.7. The van der Waals surface area contributed by atoms with E-state index in [0.717, 1.165) is 81.2 Å². The van der Waals surface area contributed by atoms with Crippen LogP contribution in [0.4, 0.5) is 5.95 Å². The largest absolute Gasteiger partial charge is 0.493 e. The highest BCUT2D eigenvalue weighted by Gasteiger charge is 2.18. The molecule has 0 aliphatic carbocycles. The third kappa shape index (κ3) is 6.98. The number of hydrogen-bond donors (Lipinski definition) is 2. The molecular weight excluding hydrogens is 406 g/mol. The minimum Gasteiger partial charge on any atom is -0.493 e. The van der Waals surface area contributed by atoms with E-state index in [0.29, 0.717) is 6.54 Å². The summed E-state index contributed by atoms with van der Waals surface area (Å²) in [5, 5.41) is 6.76. The van der Waals surface area contributed by atoms with Gasteiger partial charge in [0.05, 0.1) is 20.8 Å². The lowest BCUT2D eigenvalue weighted by Crippen LogP contribution is -2.47. The molecule has 0 bridgehead atoms. The summed E-state index contributed by atoms with van der Waals surface area (Å²) in [5.74, 6) is 3.10. The standard InChI is InChI=1S/C23H35N7O2/c1-4-24-22(28-18-19-7-8-20(31-2)21(17-19)32-3)25-11-6-12-29-13-15-30(16-14-29)23-26-9-5-10-27-23/h5,7-10,17H,4,6,11-16,18H2,1-3H3,(H2,24,25,28). The molecule has 0 radical (unpaired) electrons. The van der Waals surface area contributed by atoms with Crippen LogP contribution >= 0.6 is 0 Å². The van der Waals surface area contributed by atoms with E-state index >= 15 is 0 Å². The molecule has 2 heterocycles. The molecule has 174 valence electrons. The van der Waals surface area contributed by atoms with E-state index in [-0.39, 0.29) is 0 Å². The number of hydrogen-bond acceptors (Lipinski definition) is 7. The normalized spacial score (nSPS) is 14.8. The molecule has 32 heavy (non-hydrogen) atoms. The van der Waals surface area contributed by atoms with Crippen LogP contribution in [0.25, 0.3) is 0 Å². The second-order valence-electron chi connectivity index (χ2n) is 7.54. The van der Waals surface area contributed by atoms with Crippen molar-refractivity contribution in [3.05, 3.63) is 42.2 Å². The summed E-state index contributed by atoms with van der Waals surface area (Å²) in [7, 11) is 3.28. The second-order valence-corrected chi connectivity index (χ2v) is 7.54. The molecule has 2 aromatic rings. The number of anilines is 1. The van der Waals surface area contributed by atoms with Gasteiger partial charge in [-0.25, -0.2) is 15.0 Å². The molecule has 0 saturated carbocycles. The minimum atomic E-state index is 0.569. The summed E-state index contributed by atoms with van der Waals surface area (Å²) < 4.78 is 10.7. The van der Waals surface area contributed by atoms with Crippen molar-refractivity contribution in [2.75, 3.05) is 64.9 Å². The van der Waals surface area contributed by atoms with Crippen LogP contribution in [-0.2, 0) is 6.54 Å². The lowest BCUT2D eigenvalue weighted by atomic mass is 10.2. The Hall–Kier alpha value is -3.07. The number of ether oxygens (including phenoxy) is 2. The van der Waals surface area contributed by atoms with Crippen molar-refractivity contribution in [3.8, 4) is 11.5 Å². The van der Waals surface area contributed by atoms with Gasteiger partial charge >= 0.3 is 0 Å². The zero-order chi connectivity index (χ0) is 22.6. The summed E-state index contributed by atoms with van der Waals surface area (Å²) in [4.78, 5) is 18.2. The summed E-state index contributed by atoms with van der Waals surface area (Å²) in [5.41, 5.74) is 1.07. The molecule has 0 unspecified atom stereocenters. The van der Waals surface area contributed by atoms with Gasteiger partial charge in [-0.1, -0.05) is 6.07 Å². The fourth-order valence-corrected chi connectivity index (χ4v) is 3.63. The average molecular weight is 442 g/mol. The van der Waals surface area contributed by atoms with Gasteiger partial charge in [-0.15, -0.1) is 0 Å². The highest BCUT2D eigenvalue weighted by molar-refractivity contribution is 5.79. The lowest BCUT2D eigenvalue weighted by Gasteiger charge is -2.34. The Morgan fingerprint density at radius 2 is 1.78 bits per heavy atom. The molecule has 1 aromatic heterocycles. The van der Waals surface area contributed by atoms with Crippen LogP contribution in [0.2, 0.25) is 0 Å². The van der Waals surface area contributed by atoms with Crippen LogP contribution in [0.15, 0.2) is 41.7 Å². The molecule has 2 N–H and O–H groups in total. The highest BCUT2D eigenvalue weighted by Crippen LogP contribution is 2.27. The first kappa shape index (κ1) is 23.6. The van der Waals surface area contributed by atoms with Crippen molar-refractivity contribution in [1.29, 1.82) is 0 Å². The lowest BCUT2D eigenvalue weighted by molar-refractivity contribution is 0.254. The third-order valence-electron chi connectivity index (χ3n) is 5.36. The molecule has 3 rings (SSSR count). The van der Waals surface area contributed by atoms with Gasteiger partial charge in [-0.05, 0) is 43.7 Å². The molecular formula is C23H35N7O2. The van der Waals surface area contributed by atoms with E-state index in [4.69, 9.17) is 14.5 Å². The fourth-order valence-electron chi connectivity index (χ4n) is 3.63. The topological polar surface area (TPSA) is 87.1 Å². The van der Waals surface area contributed by atoms with Crippen LogP contribution in [0.1, 0.15) is 18.9 Å². The maximum absolute atomic E-state index is 5.38. The predicted molar refractivity (Wildman–Crippen MR) is 128 cm³/mol. The SMILES string of the molecule is CCNC(=NCc1ccc(OC)c(OC)c1)NCCCN1CCN(c2ncccn2)CC1. The predicted octanol–water partition coefficient (Wildman–Crippen LogP) is 1.76. The zero-order valence-corrected chi connectivity index (χ0v) is 19.4. The van der Waals surface area contributed by atoms with Crippen molar-refractivity contribution in [3.63, 3.8) is 0 Å². The van der Waals surface area contributed by atoms with E-state index in [1.54, 1.807) is 26.6 Å². The number of benzene rings is 1.